The first kappa shape index (κ1) is 15.0. The van der Waals surface area contributed by atoms with E-state index in [4.69, 9.17) is 8.92 Å². The van der Waals surface area contributed by atoms with Crippen molar-refractivity contribution in [2.24, 2.45) is 5.92 Å². The molecule has 0 heterocycles. The first-order valence-electron chi connectivity index (χ1n) is 6.51. The van der Waals surface area contributed by atoms with Gasteiger partial charge in [-0.2, -0.15) is 8.42 Å². The Morgan fingerprint density at radius 2 is 2.05 bits per heavy atom. The Bertz CT molecular complexity index is 602. The highest BCUT2D eigenvalue weighted by atomic mass is 32.2. The van der Waals surface area contributed by atoms with Crippen LogP contribution in [0.5, 0.6) is 0 Å². The third-order valence-electron chi connectivity index (χ3n) is 3.07. The van der Waals surface area contributed by atoms with Gasteiger partial charge in [-0.3, -0.25) is 8.98 Å². The Morgan fingerprint density at radius 1 is 1.35 bits per heavy atom. The standard InChI is InChI=1S/C14H18O5S/c1-10-3-6-14(13(7-10)9-18-11(2)15)20(16,17)19-8-12-4-5-12/h3,6-7,12H,4-5,8-9H2,1-2H3. The van der Waals surface area contributed by atoms with Crippen LogP contribution in [-0.4, -0.2) is 21.0 Å². The fraction of sp³-hybridized carbons (Fsp3) is 0.500. The minimum absolute atomic E-state index is 0.0711. The Balaban J connectivity index is 2.21. The summed E-state index contributed by atoms with van der Waals surface area (Å²) in [4.78, 5) is 11.0. The quantitative estimate of drug-likeness (QED) is 0.594. The summed E-state index contributed by atoms with van der Waals surface area (Å²) in [5.41, 5.74) is 1.34. The van der Waals surface area contributed by atoms with Crippen LogP contribution < -0.4 is 0 Å². The van der Waals surface area contributed by atoms with Gasteiger partial charge in [0.15, 0.2) is 0 Å². The molecule has 0 atom stereocenters. The van der Waals surface area contributed by atoms with Gasteiger partial charge in [0, 0.05) is 12.5 Å². The predicted octanol–water partition coefficient (Wildman–Crippen LogP) is 2.17. The predicted molar refractivity (Wildman–Crippen MR) is 72.5 cm³/mol. The Labute approximate surface area is 119 Å². The van der Waals surface area contributed by atoms with Crippen molar-refractivity contribution in [1.82, 2.24) is 0 Å². The van der Waals surface area contributed by atoms with Crippen molar-refractivity contribution in [3.05, 3.63) is 29.3 Å². The average Bonchev–Trinajstić information content (AvgIpc) is 3.18. The van der Waals surface area contributed by atoms with Crippen LogP contribution >= 0.6 is 0 Å². The van der Waals surface area contributed by atoms with E-state index >= 15 is 0 Å². The maximum Gasteiger partial charge on any atom is 0.302 e. The van der Waals surface area contributed by atoms with E-state index in [2.05, 4.69) is 0 Å². The molecular formula is C14H18O5S. The summed E-state index contributed by atoms with van der Waals surface area (Å²) in [6.45, 7) is 3.29. The molecule has 0 unspecified atom stereocenters. The molecule has 1 saturated carbocycles. The van der Waals surface area contributed by atoms with Crippen molar-refractivity contribution in [3.8, 4) is 0 Å². The summed E-state index contributed by atoms with van der Waals surface area (Å²) >= 11 is 0. The van der Waals surface area contributed by atoms with Gasteiger partial charge in [0.1, 0.15) is 11.5 Å². The molecule has 1 aliphatic carbocycles. The van der Waals surface area contributed by atoms with Gasteiger partial charge in [0.25, 0.3) is 10.1 Å². The highest BCUT2D eigenvalue weighted by molar-refractivity contribution is 7.86. The first-order chi connectivity index (χ1) is 9.38. The van der Waals surface area contributed by atoms with Crippen molar-refractivity contribution in [3.63, 3.8) is 0 Å². The maximum atomic E-state index is 12.2. The van der Waals surface area contributed by atoms with E-state index in [1.165, 1.54) is 13.0 Å². The van der Waals surface area contributed by atoms with Crippen LogP contribution in [0.2, 0.25) is 0 Å². The largest absolute Gasteiger partial charge is 0.461 e. The molecule has 0 spiro atoms. The average molecular weight is 298 g/mol. The molecule has 0 amide bonds. The molecule has 5 nitrogen and oxygen atoms in total. The number of carbonyl (C=O) groups is 1. The van der Waals surface area contributed by atoms with E-state index in [1.807, 2.05) is 6.92 Å². The fourth-order valence-corrected chi connectivity index (χ4v) is 2.95. The zero-order chi connectivity index (χ0) is 14.8. The molecule has 0 aromatic heterocycles. The lowest BCUT2D eigenvalue weighted by Gasteiger charge is -2.11. The van der Waals surface area contributed by atoms with Crippen LogP contribution in [0.4, 0.5) is 0 Å². The van der Waals surface area contributed by atoms with Crippen LogP contribution in [0.25, 0.3) is 0 Å². The molecule has 1 aromatic rings. The molecule has 0 N–H and O–H groups in total. The van der Waals surface area contributed by atoms with Gasteiger partial charge < -0.3 is 4.74 Å². The topological polar surface area (TPSA) is 69.7 Å². The van der Waals surface area contributed by atoms with Crippen LogP contribution in [0.15, 0.2) is 23.1 Å². The summed E-state index contributed by atoms with van der Waals surface area (Å²) in [6.07, 6.45) is 2.04. The molecule has 6 heteroatoms. The van der Waals surface area contributed by atoms with Crippen molar-refractivity contribution in [2.75, 3.05) is 6.61 Å². The molecule has 1 aliphatic rings. The fourth-order valence-electron chi connectivity index (χ4n) is 1.78. The summed E-state index contributed by atoms with van der Waals surface area (Å²) in [6, 6.07) is 4.89. The zero-order valence-corrected chi connectivity index (χ0v) is 12.4. The third kappa shape index (κ3) is 4.05. The molecule has 0 bridgehead atoms. The third-order valence-corrected chi connectivity index (χ3v) is 4.46. The number of hydrogen-bond donors (Lipinski definition) is 0. The Morgan fingerprint density at radius 3 is 2.65 bits per heavy atom. The molecule has 0 saturated heterocycles. The smallest absolute Gasteiger partial charge is 0.302 e. The zero-order valence-electron chi connectivity index (χ0n) is 11.6. The van der Waals surface area contributed by atoms with Gasteiger partial charge >= 0.3 is 5.97 Å². The number of benzene rings is 1. The lowest BCUT2D eigenvalue weighted by Crippen LogP contribution is -2.12. The van der Waals surface area contributed by atoms with Gasteiger partial charge in [-0.25, -0.2) is 0 Å². The number of aryl methyl sites for hydroxylation is 1. The SMILES string of the molecule is CC(=O)OCc1cc(C)ccc1S(=O)(=O)OCC1CC1. The molecule has 1 aromatic carbocycles. The van der Waals surface area contributed by atoms with E-state index in [1.54, 1.807) is 12.1 Å². The first-order valence-corrected chi connectivity index (χ1v) is 7.91. The minimum atomic E-state index is -3.80. The Hall–Kier alpha value is -1.40. The number of rotatable bonds is 6. The van der Waals surface area contributed by atoms with Gasteiger partial charge in [-0.05, 0) is 31.7 Å². The molecule has 0 radical (unpaired) electrons. The van der Waals surface area contributed by atoms with Crippen LogP contribution in [-0.2, 0) is 30.4 Å². The second-order valence-electron chi connectivity index (χ2n) is 5.07. The number of hydrogen-bond acceptors (Lipinski definition) is 5. The lowest BCUT2D eigenvalue weighted by molar-refractivity contribution is -0.142. The summed E-state index contributed by atoms with van der Waals surface area (Å²) in [7, 11) is -3.80. The summed E-state index contributed by atoms with van der Waals surface area (Å²) in [5.74, 6) is -0.0964. The molecule has 0 aliphatic heterocycles. The highest BCUT2D eigenvalue weighted by Gasteiger charge is 2.27. The van der Waals surface area contributed by atoms with Crippen LogP contribution in [0.1, 0.15) is 30.9 Å². The van der Waals surface area contributed by atoms with Crippen LogP contribution in [0, 0.1) is 12.8 Å². The van der Waals surface area contributed by atoms with E-state index < -0.39 is 16.1 Å². The van der Waals surface area contributed by atoms with Crippen molar-refractivity contribution < 1.29 is 22.1 Å². The van der Waals surface area contributed by atoms with Gasteiger partial charge in [0.05, 0.1) is 6.61 Å². The van der Waals surface area contributed by atoms with E-state index in [0.717, 1.165) is 18.4 Å². The monoisotopic (exact) mass is 298 g/mol. The lowest BCUT2D eigenvalue weighted by atomic mass is 10.1. The molecule has 20 heavy (non-hydrogen) atoms. The normalized spacial score (nSPS) is 15.1. The number of esters is 1. The minimum Gasteiger partial charge on any atom is -0.461 e. The van der Waals surface area contributed by atoms with Gasteiger partial charge in [-0.1, -0.05) is 17.7 Å². The van der Waals surface area contributed by atoms with E-state index in [0.29, 0.717) is 11.5 Å². The van der Waals surface area contributed by atoms with Crippen molar-refractivity contribution in [2.45, 2.75) is 38.2 Å². The number of ether oxygens (including phenoxy) is 1. The number of carbonyl (C=O) groups excluding carboxylic acids is 1. The Kier molecular flexibility index (Phi) is 4.45. The van der Waals surface area contributed by atoms with Gasteiger partial charge in [0.2, 0.25) is 0 Å². The summed E-state index contributed by atoms with van der Waals surface area (Å²) in [5, 5.41) is 0. The molecule has 110 valence electrons. The van der Waals surface area contributed by atoms with E-state index in [9.17, 15) is 13.2 Å². The molecular weight excluding hydrogens is 280 g/mol. The highest BCUT2D eigenvalue weighted by Crippen LogP contribution is 2.30. The summed E-state index contributed by atoms with van der Waals surface area (Å²) < 4.78 is 34.3. The second kappa shape index (κ2) is 5.93. The second-order valence-corrected chi connectivity index (χ2v) is 6.66. The maximum absolute atomic E-state index is 12.2. The van der Waals surface area contributed by atoms with Crippen LogP contribution in [0.3, 0.4) is 0 Å². The van der Waals surface area contributed by atoms with Crippen molar-refractivity contribution >= 4 is 16.1 Å². The van der Waals surface area contributed by atoms with Gasteiger partial charge in [-0.15, -0.1) is 0 Å². The van der Waals surface area contributed by atoms with Crippen molar-refractivity contribution in [1.29, 1.82) is 0 Å². The molecule has 2 rings (SSSR count). The van der Waals surface area contributed by atoms with E-state index in [-0.39, 0.29) is 18.1 Å². The molecule has 1 fully saturated rings.